The standard InChI is InChI=1S/C15H28N2O2/c16-9-13-5-3-12(4-6-13)8-15(19)17-7-1-2-14(10-17)11-18/h12-14,18H,1-11,16H2. The average Bonchev–Trinajstić information content (AvgIpc) is 2.48. The number of carbonyl (C=O) groups is 1. The maximum Gasteiger partial charge on any atom is 0.222 e. The molecule has 0 aromatic heterocycles. The van der Waals surface area contributed by atoms with Crippen LogP contribution in [0.1, 0.15) is 44.9 Å². The summed E-state index contributed by atoms with van der Waals surface area (Å²) in [5.74, 6) is 1.84. The van der Waals surface area contributed by atoms with Gasteiger partial charge in [-0.3, -0.25) is 4.79 Å². The summed E-state index contributed by atoms with van der Waals surface area (Å²) in [5, 5.41) is 9.22. The molecule has 4 nitrogen and oxygen atoms in total. The maximum absolute atomic E-state index is 12.3. The van der Waals surface area contributed by atoms with Gasteiger partial charge in [-0.15, -0.1) is 0 Å². The van der Waals surface area contributed by atoms with Crippen LogP contribution in [-0.2, 0) is 4.79 Å². The van der Waals surface area contributed by atoms with Gasteiger partial charge in [-0.25, -0.2) is 0 Å². The van der Waals surface area contributed by atoms with E-state index in [9.17, 15) is 9.90 Å². The highest BCUT2D eigenvalue weighted by molar-refractivity contribution is 5.76. The van der Waals surface area contributed by atoms with E-state index in [1.54, 1.807) is 0 Å². The van der Waals surface area contributed by atoms with Crippen LogP contribution in [0.5, 0.6) is 0 Å². The summed E-state index contributed by atoms with van der Waals surface area (Å²) < 4.78 is 0. The Morgan fingerprint density at radius 2 is 1.79 bits per heavy atom. The number of aliphatic hydroxyl groups is 1. The zero-order chi connectivity index (χ0) is 13.7. The number of nitrogens with zero attached hydrogens (tertiary/aromatic N) is 1. The van der Waals surface area contributed by atoms with Crippen molar-refractivity contribution in [1.82, 2.24) is 4.90 Å². The second kappa shape index (κ2) is 7.25. The van der Waals surface area contributed by atoms with Crippen molar-refractivity contribution < 1.29 is 9.90 Å². The Hall–Kier alpha value is -0.610. The van der Waals surface area contributed by atoms with E-state index in [-0.39, 0.29) is 6.61 Å². The molecule has 1 amide bonds. The van der Waals surface area contributed by atoms with Crippen LogP contribution in [0.4, 0.5) is 0 Å². The molecule has 2 aliphatic rings. The third kappa shape index (κ3) is 4.18. The topological polar surface area (TPSA) is 66.6 Å². The first-order valence-corrected chi connectivity index (χ1v) is 7.81. The van der Waals surface area contributed by atoms with Crippen LogP contribution in [0.25, 0.3) is 0 Å². The Kier molecular flexibility index (Phi) is 5.64. The van der Waals surface area contributed by atoms with Crippen molar-refractivity contribution in [1.29, 1.82) is 0 Å². The van der Waals surface area contributed by atoms with Gasteiger partial charge in [0.25, 0.3) is 0 Å². The van der Waals surface area contributed by atoms with E-state index in [1.807, 2.05) is 4.90 Å². The molecule has 1 unspecified atom stereocenters. The molecular formula is C15H28N2O2. The van der Waals surface area contributed by atoms with Crippen molar-refractivity contribution in [2.45, 2.75) is 44.9 Å². The first-order chi connectivity index (χ1) is 9.22. The highest BCUT2D eigenvalue weighted by atomic mass is 16.3. The summed E-state index contributed by atoms with van der Waals surface area (Å²) in [7, 11) is 0. The van der Waals surface area contributed by atoms with Gasteiger partial charge < -0.3 is 15.7 Å². The molecule has 110 valence electrons. The van der Waals surface area contributed by atoms with Crippen LogP contribution < -0.4 is 5.73 Å². The van der Waals surface area contributed by atoms with E-state index < -0.39 is 0 Å². The lowest BCUT2D eigenvalue weighted by atomic mass is 9.80. The quantitative estimate of drug-likeness (QED) is 0.809. The molecule has 0 aromatic rings. The van der Waals surface area contributed by atoms with Gasteiger partial charge in [0.05, 0.1) is 0 Å². The smallest absolute Gasteiger partial charge is 0.222 e. The van der Waals surface area contributed by atoms with Crippen molar-refractivity contribution in [3.8, 4) is 0 Å². The molecular weight excluding hydrogens is 240 g/mol. The van der Waals surface area contributed by atoms with Gasteiger partial charge in [0, 0.05) is 26.1 Å². The number of aliphatic hydroxyl groups excluding tert-OH is 1. The van der Waals surface area contributed by atoms with Crippen molar-refractivity contribution >= 4 is 5.91 Å². The normalized spacial score (nSPS) is 32.3. The molecule has 0 radical (unpaired) electrons. The molecule has 0 bridgehead atoms. The summed E-state index contributed by atoms with van der Waals surface area (Å²) in [5.41, 5.74) is 5.70. The maximum atomic E-state index is 12.3. The fraction of sp³-hybridized carbons (Fsp3) is 0.933. The summed E-state index contributed by atoms with van der Waals surface area (Å²) in [6.45, 7) is 2.65. The number of hydrogen-bond donors (Lipinski definition) is 2. The number of carbonyl (C=O) groups excluding carboxylic acids is 1. The summed E-state index contributed by atoms with van der Waals surface area (Å²) >= 11 is 0. The lowest BCUT2D eigenvalue weighted by molar-refractivity contribution is -0.134. The van der Waals surface area contributed by atoms with Gasteiger partial charge in [0.15, 0.2) is 0 Å². The van der Waals surface area contributed by atoms with Crippen LogP contribution in [-0.4, -0.2) is 42.2 Å². The lowest BCUT2D eigenvalue weighted by Gasteiger charge is -2.34. The third-order valence-corrected chi connectivity index (χ3v) is 4.89. The van der Waals surface area contributed by atoms with Crippen molar-refractivity contribution in [2.75, 3.05) is 26.2 Å². The predicted molar refractivity (Wildman–Crippen MR) is 75.5 cm³/mol. The number of likely N-dealkylation sites (tertiary alicyclic amines) is 1. The minimum atomic E-state index is 0.214. The van der Waals surface area contributed by atoms with Crippen LogP contribution >= 0.6 is 0 Å². The Balaban J connectivity index is 1.75. The van der Waals surface area contributed by atoms with Crippen LogP contribution in [0.2, 0.25) is 0 Å². The largest absolute Gasteiger partial charge is 0.396 e. The van der Waals surface area contributed by atoms with Gasteiger partial charge in [-0.05, 0) is 62.8 Å². The van der Waals surface area contributed by atoms with E-state index in [0.717, 1.165) is 45.3 Å². The second-order valence-corrected chi connectivity index (χ2v) is 6.36. The van der Waals surface area contributed by atoms with Gasteiger partial charge in [-0.1, -0.05) is 0 Å². The van der Waals surface area contributed by atoms with Crippen LogP contribution in [0.3, 0.4) is 0 Å². The van der Waals surface area contributed by atoms with E-state index >= 15 is 0 Å². The van der Waals surface area contributed by atoms with Crippen molar-refractivity contribution in [2.24, 2.45) is 23.5 Å². The Morgan fingerprint density at radius 1 is 1.11 bits per heavy atom. The minimum absolute atomic E-state index is 0.214. The molecule has 2 rings (SSSR count). The van der Waals surface area contributed by atoms with Crippen molar-refractivity contribution in [3.05, 3.63) is 0 Å². The van der Waals surface area contributed by atoms with Crippen molar-refractivity contribution in [3.63, 3.8) is 0 Å². The number of rotatable bonds is 4. The van der Waals surface area contributed by atoms with E-state index in [2.05, 4.69) is 0 Å². The third-order valence-electron chi connectivity index (χ3n) is 4.89. The van der Waals surface area contributed by atoms with Crippen LogP contribution in [0, 0.1) is 17.8 Å². The second-order valence-electron chi connectivity index (χ2n) is 6.36. The summed E-state index contributed by atoms with van der Waals surface area (Å²) in [4.78, 5) is 14.3. The molecule has 2 fully saturated rings. The van der Waals surface area contributed by atoms with E-state index in [1.165, 1.54) is 12.8 Å². The SMILES string of the molecule is NCC1CCC(CC(=O)N2CCCC(CO)C2)CC1. The zero-order valence-corrected chi connectivity index (χ0v) is 11.9. The van der Waals surface area contributed by atoms with E-state index in [4.69, 9.17) is 5.73 Å². The summed E-state index contributed by atoms with van der Waals surface area (Å²) in [6.07, 6.45) is 7.49. The first-order valence-electron chi connectivity index (χ1n) is 7.81. The molecule has 1 atom stereocenters. The minimum Gasteiger partial charge on any atom is -0.396 e. The highest BCUT2D eigenvalue weighted by Crippen LogP contribution is 2.31. The zero-order valence-electron chi connectivity index (χ0n) is 11.9. The molecule has 0 spiro atoms. The average molecular weight is 268 g/mol. The Morgan fingerprint density at radius 3 is 2.42 bits per heavy atom. The molecule has 1 aliphatic heterocycles. The molecule has 1 saturated carbocycles. The van der Waals surface area contributed by atoms with Gasteiger partial charge in [0.2, 0.25) is 5.91 Å². The molecule has 4 heteroatoms. The monoisotopic (exact) mass is 268 g/mol. The predicted octanol–water partition coefficient (Wildman–Crippen LogP) is 1.37. The fourth-order valence-corrected chi connectivity index (χ4v) is 3.49. The van der Waals surface area contributed by atoms with Gasteiger partial charge in [-0.2, -0.15) is 0 Å². The molecule has 1 aliphatic carbocycles. The fourth-order valence-electron chi connectivity index (χ4n) is 3.49. The highest BCUT2D eigenvalue weighted by Gasteiger charge is 2.27. The number of amides is 1. The number of nitrogens with two attached hydrogens (primary N) is 1. The molecule has 1 saturated heterocycles. The summed E-state index contributed by atoms with van der Waals surface area (Å²) in [6, 6.07) is 0. The lowest BCUT2D eigenvalue weighted by Crippen LogP contribution is -2.41. The van der Waals surface area contributed by atoms with Gasteiger partial charge in [0.1, 0.15) is 0 Å². The number of piperidine rings is 1. The first kappa shape index (κ1) is 14.8. The molecule has 19 heavy (non-hydrogen) atoms. The number of hydrogen-bond acceptors (Lipinski definition) is 3. The molecule has 1 heterocycles. The Labute approximate surface area is 116 Å². The van der Waals surface area contributed by atoms with Crippen LogP contribution in [0.15, 0.2) is 0 Å². The molecule has 0 aromatic carbocycles. The molecule has 3 N–H and O–H groups in total. The van der Waals surface area contributed by atoms with E-state index in [0.29, 0.717) is 30.1 Å². The Bertz CT molecular complexity index is 288. The van der Waals surface area contributed by atoms with Gasteiger partial charge >= 0.3 is 0 Å².